The second kappa shape index (κ2) is 5.24. The summed E-state index contributed by atoms with van der Waals surface area (Å²) in [6.45, 7) is 3.62. The van der Waals surface area contributed by atoms with Gasteiger partial charge < -0.3 is 4.74 Å². The number of rotatable bonds is 5. The molecule has 0 amide bonds. The predicted octanol–water partition coefficient (Wildman–Crippen LogP) is 2.89. The van der Waals surface area contributed by atoms with Crippen molar-refractivity contribution in [3.63, 3.8) is 0 Å². The molecule has 0 aromatic heterocycles. The minimum absolute atomic E-state index is 0.0110. The highest BCUT2D eigenvalue weighted by atomic mass is 16.5. The Morgan fingerprint density at radius 3 is 2.62 bits per heavy atom. The lowest BCUT2D eigenvalue weighted by Crippen LogP contribution is -2.14. The molecule has 1 fully saturated rings. The molecule has 74 valence electrons. The normalized spacial score (nSPS) is 20.0. The molecule has 0 bridgehead atoms. The molecule has 0 aliphatic heterocycles. The van der Waals surface area contributed by atoms with E-state index in [0.29, 0.717) is 0 Å². The fourth-order valence-corrected chi connectivity index (χ4v) is 2.13. The molecule has 0 unspecified atom stereocenters. The van der Waals surface area contributed by atoms with Gasteiger partial charge in [0.05, 0.1) is 11.5 Å². The van der Waals surface area contributed by atoms with E-state index in [4.69, 9.17) is 10.00 Å². The molecule has 1 saturated carbocycles. The number of hydrogen-bond acceptors (Lipinski definition) is 2. The third-order valence-corrected chi connectivity index (χ3v) is 2.95. The van der Waals surface area contributed by atoms with Crippen molar-refractivity contribution in [3.05, 3.63) is 0 Å². The van der Waals surface area contributed by atoms with E-state index >= 15 is 0 Å². The highest BCUT2D eigenvalue weighted by Crippen LogP contribution is 2.41. The second-order valence-corrected chi connectivity index (χ2v) is 3.90. The van der Waals surface area contributed by atoms with Crippen LogP contribution in [0.5, 0.6) is 0 Å². The first kappa shape index (κ1) is 10.5. The Morgan fingerprint density at radius 1 is 1.38 bits per heavy atom. The maximum absolute atomic E-state index is 9.08. The fourth-order valence-electron chi connectivity index (χ4n) is 2.13. The summed E-state index contributed by atoms with van der Waals surface area (Å²) < 4.78 is 5.27. The van der Waals surface area contributed by atoms with Crippen molar-refractivity contribution in [1.82, 2.24) is 0 Å². The number of hydrogen-bond donors (Lipinski definition) is 0. The van der Waals surface area contributed by atoms with Gasteiger partial charge in [0.25, 0.3) is 0 Å². The van der Waals surface area contributed by atoms with Crippen LogP contribution >= 0.6 is 0 Å². The van der Waals surface area contributed by atoms with Crippen molar-refractivity contribution in [3.8, 4) is 6.07 Å². The summed E-state index contributed by atoms with van der Waals surface area (Å²) in [5, 5.41) is 9.08. The van der Waals surface area contributed by atoms with Gasteiger partial charge in [0.1, 0.15) is 0 Å². The van der Waals surface area contributed by atoms with Crippen molar-refractivity contribution in [2.75, 3.05) is 13.2 Å². The first-order valence-electron chi connectivity index (χ1n) is 5.32. The molecule has 0 spiro atoms. The van der Waals surface area contributed by atoms with Gasteiger partial charge in [-0.2, -0.15) is 5.26 Å². The van der Waals surface area contributed by atoms with Crippen molar-refractivity contribution in [2.24, 2.45) is 5.41 Å². The second-order valence-electron chi connectivity index (χ2n) is 3.90. The van der Waals surface area contributed by atoms with Gasteiger partial charge in [-0.25, -0.2) is 0 Å². The largest absolute Gasteiger partial charge is 0.382 e. The van der Waals surface area contributed by atoms with Crippen LogP contribution in [0.15, 0.2) is 0 Å². The molecule has 13 heavy (non-hydrogen) atoms. The van der Waals surface area contributed by atoms with Crippen molar-refractivity contribution >= 4 is 0 Å². The number of ether oxygens (including phenoxy) is 1. The summed E-state index contributed by atoms with van der Waals surface area (Å²) in [6.07, 6.45) is 6.76. The summed E-state index contributed by atoms with van der Waals surface area (Å²) in [7, 11) is 0. The van der Waals surface area contributed by atoms with Crippen LogP contribution in [0.4, 0.5) is 0 Å². The van der Waals surface area contributed by atoms with E-state index in [1.54, 1.807) is 0 Å². The highest BCUT2D eigenvalue weighted by molar-refractivity contribution is 5.01. The Bertz CT molecular complexity index is 177. The molecule has 2 heteroatoms. The monoisotopic (exact) mass is 181 g/mol. The van der Waals surface area contributed by atoms with E-state index in [9.17, 15) is 0 Å². The Kier molecular flexibility index (Phi) is 4.24. The topological polar surface area (TPSA) is 33.0 Å². The van der Waals surface area contributed by atoms with Gasteiger partial charge in [0, 0.05) is 13.2 Å². The lowest BCUT2D eigenvalue weighted by atomic mass is 9.83. The zero-order valence-electron chi connectivity index (χ0n) is 8.51. The zero-order valence-corrected chi connectivity index (χ0v) is 8.51. The van der Waals surface area contributed by atoms with Crippen LogP contribution in [0.25, 0.3) is 0 Å². The van der Waals surface area contributed by atoms with E-state index in [1.807, 2.05) is 6.92 Å². The van der Waals surface area contributed by atoms with Crippen LogP contribution in [0.3, 0.4) is 0 Å². The first-order valence-corrected chi connectivity index (χ1v) is 5.32. The molecule has 1 rings (SSSR count). The lowest BCUT2D eigenvalue weighted by Gasteiger charge is -2.19. The van der Waals surface area contributed by atoms with E-state index in [0.717, 1.165) is 38.9 Å². The van der Waals surface area contributed by atoms with Crippen LogP contribution < -0.4 is 0 Å². The van der Waals surface area contributed by atoms with Crippen LogP contribution in [0.1, 0.15) is 45.4 Å². The van der Waals surface area contributed by atoms with Gasteiger partial charge in [-0.15, -0.1) is 0 Å². The average molecular weight is 181 g/mol. The fraction of sp³-hybridized carbons (Fsp3) is 0.909. The molecule has 0 aromatic rings. The highest BCUT2D eigenvalue weighted by Gasteiger charge is 2.32. The SMILES string of the molecule is CCOCCCC1(C#N)CCCC1. The molecule has 1 aliphatic carbocycles. The van der Waals surface area contributed by atoms with E-state index < -0.39 is 0 Å². The van der Waals surface area contributed by atoms with Gasteiger partial charge in [-0.05, 0) is 32.6 Å². The molecule has 0 atom stereocenters. The van der Waals surface area contributed by atoms with Crippen molar-refractivity contribution < 1.29 is 4.74 Å². The third kappa shape index (κ3) is 3.00. The molecular weight excluding hydrogens is 162 g/mol. The smallest absolute Gasteiger partial charge is 0.0689 e. The molecule has 2 nitrogen and oxygen atoms in total. The molecule has 0 aromatic carbocycles. The Morgan fingerprint density at radius 2 is 2.08 bits per heavy atom. The third-order valence-electron chi connectivity index (χ3n) is 2.95. The van der Waals surface area contributed by atoms with Crippen LogP contribution in [0.2, 0.25) is 0 Å². The summed E-state index contributed by atoms with van der Waals surface area (Å²) in [5.41, 5.74) is 0.0110. The van der Waals surface area contributed by atoms with Gasteiger partial charge in [0.2, 0.25) is 0 Å². The Hall–Kier alpha value is -0.550. The zero-order chi connectivity index (χ0) is 9.57. The van der Waals surface area contributed by atoms with Gasteiger partial charge in [0.15, 0.2) is 0 Å². The predicted molar refractivity (Wildman–Crippen MR) is 52.2 cm³/mol. The minimum atomic E-state index is 0.0110. The standard InChI is InChI=1S/C11H19NO/c1-2-13-9-5-8-11(10-12)6-3-4-7-11/h2-9H2,1H3. The lowest BCUT2D eigenvalue weighted by molar-refractivity contribution is 0.135. The average Bonchev–Trinajstić information content (AvgIpc) is 2.62. The molecule has 0 N–H and O–H groups in total. The van der Waals surface area contributed by atoms with Crippen LogP contribution in [-0.4, -0.2) is 13.2 Å². The number of nitriles is 1. The first-order chi connectivity index (χ1) is 6.33. The van der Waals surface area contributed by atoms with Crippen LogP contribution in [-0.2, 0) is 4.74 Å². The van der Waals surface area contributed by atoms with Crippen molar-refractivity contribution in [2.45, 2.75) is 45.4 Å². The maximum atomic E-state index is 9.08. The molecule has 0 heterocycles. The van der Waals surface area contributed by atoms with E-state index in [-0.39, 0.29) is 5.41 Å². The maximum Gasteiger partial charge on any atom is 0.0689 e. The molecule has 1 aliphatic rings. The van der Waals surface area contributed by atoms with Gasteiger partial charge >= 0.3 is 0 Å². The van der Waals surface area contributed by atoms with Crippen molar-refractivity contribution in [1.29, 1.82) is 5.26 Å². The molecule has 0 radical (unpaired) electrons. The quantitative estimate of drug-likeness (QED) is 0.611. The summed E-state index contributed by atoms with van der Waals surface area (Å²) in [5.74, 6) is 0. The minimum Gasteiger partial charge on any atom is -0.382 e. The van der Waals surface area contributed by atoms with E-state index in [1.165, 1.54) is 12.8 Å². The Balaban J connectivity index is 2.21. The summed E-state index contributed by atoms with van der Waals surface area (Å²) in [4.78, 5) is 0. The van der Waals surface area contributed by atoms with Gasteiger partial charge in [-0.3, -0.25) is 0 Å². The number of nitrogens with zero attached hydrogens (tertiary/aromatic N) is 1. The summed E-state index contributed by atoms with van der Waals surface area (Å²) in [6, 6.07) is 2.50. The van der Waals surface area contributed by atoms with Crippen LogP contribution in [0, 0.1) is 16.7 Å². The Labute approximate surface area is 80.9 Å². The molecule has 0 saturated heterocycles. The van der Waals surface area contributed by atoms with Gasteiger partial charge in [-0.1, -0.05) is 12.8 Å². The molecular formula is C11H19NO. The summed E-state index contributed by atoms with van der Waals surface area (Å²) >= 11 is 0. The van der Waals surface area contributed by atoms with E-state index in [2.05, 4.69) is 6.07 Å².